The molecule has 6 heteroatoms. The highest BCUT2D eigenvalue weighted by Crippen LogP contribution is 2.18. The zero-order chi connectivity index (χ0) is 18.5. The molecule has 0 radical (unpaired) electrons. The van der Waals surface area contributed by atoms with E-state index in [0.717, 1.165) is 16.9 Å². The summed E-state index contributed by atoms with van der Waals surface area (Å²) in [6.45, 7) is 3.73. The Kier molecular flexibility index (Phi) is 5.73. The van der Waals surface area contributed by atoms with Gasteiger partial charge in [-0.1, -0.05) is 36.4 Å². The summed E-state index contributed by atoms with van der Waals surface area (Å²) in [7, 11) is 0. The fraction of sp³-hybridized carbons (Fsp3) is 0.250. The molecule has 3 rings (SSSR count). The van der Waals surface area contributed by atoms with Crippen LogP contribution in [0.1, 0.15) is 23.7 Å². The van der Waals surface area contributed by atoms with Crippen LogP contribution in [-0.2, 0) is 21.9 Å². The molecule has 1 unspecified atom stereocenters. The molecule has 134 valence electrons. The summed E-state index contributed by atoms with van der Waals surface area (Å²) in [5.41, 5.74) is 2.95. The van der Waals surface area contributed by atoms with Crippen LogP contribution in [0.4, 0.5) is 0 Å². The number of hydrogen-bond acceptors (Lipinski definition) is 5. The maximum atomic E-state index is 12.2. The summed E-state index contributed by atoms with van der Waals surface area (Å²) < 4.78 is 6.82. The van der Waals surface area contributed by atoms with Crippen LogP contribution in [-0.4, -0.2) is 20.6 Å². The van der Waals surface area contributed by atoms with E-state index < -0.39 is 0 Å². The van der Waals surface area contributed by atoms with Crippen LogP contribution >= 0.6 is 11.8 Å². The van der Waals surface area contributed by atoms with E-state index in [1.165, 1.54) is 22.2 Å². The fourth-order valence-corrected chi connectivity index (χ4v) is 3.30. The Hall–Kier alpha value is -2.60. The second-order valence-corrected chi connectivity index (χ2v) is 7.40. The first-order valence-corrected chi connectivity index (χ1v) is 9.39. The Morgan fingerprint density at radius 3 is 2.77 bits per heavy atom. The lowest BCUT2D eigenvalue weighted by Crippen LogP contribution is -2.20. The first-order valence-electron chi connectivity index (χ1n) is 8.34. The van der Waals surface area contributed by atoms with Crippen LogP contribution in [0.5, 0.6) is 0 Å². The van der Waals surface area contributed by atoms with E-state index in [1.54, 1.807) is 12.3 Å². The summed E-state index contributed by atoms with van der Waals surface area (Å²) >= 11 is 1.52. The molecular formula is C20H20N2O3S. The highest BCUT2D eigenvalue weighted by atomic mass is 32.2. The predicted octanol–water partition coefficient (Wildman–Crippen LogP) is 3.37. The third-order valence-electron chi connectivity index (χ3n) is 3.90. The summed E-state index contributed by atoms with van der Waals surface area (Å²) in [6, 6.07) is 15.0. The zero-order valence-corrected chi connectivity index (χ0v) is 15.5. The van der Waals surface area contributed by atoms with Crippen molar-refractivity contribution in [2.24, 2.45) is 0 Å². The lowest BCUT2D eigenvalue weighted by Gasteiger charge is -2.11. The van der Waals surface area contributed by atoms with Crippen molar-refractivity contribution in [2.75, 3.05) is 0 Å². The van der Waals surface area contributed by atoms with Crippen LogP contribution in [0.2, 0.25) is 0 Å². The minimum atomic E-state index is -0.308. The third kappa shape index (κ3) is 4.52. The van der Waals surface area contributed by atoms with Gasteiger partial charge in [-0.3, -0.25) is 14.0 Å². The number of fused-ring (bicyclic) bond motifs is 1. The van der Waals surface area contributed by atoms with E-state index in [0.29, 0.717) is 11.3 Å². The first kappa shape index (κ1) is 18.2. The van der Waals surface area contributed by atoms with Gasteiger partial charge >= 0.3 is 5.97 Å². The second kappa shape index (κ2) is 8.19. The Labute approximate surface area is 156 Å². The second-order valence-electron chi connectivity index (χ2n) is 6.07. The summed E-state index contributed by atoms with van der Waals surface area (Å²) in [5.74, 6) is 0.434. The monoisotopic (exact) mass is 368 g/mol. The lowest BCUT2D eigenvalue weighted by atomic mass is 10.2. The van der Waals surface area contributed by atoms with Gasteiger partial charge in [0.05, 0.1) is 10.9 Å². The number of aromatic nitrogens is 2. The molecule has 0 aliphatic carbocycles. The number of nitrogens with zero attached hydrogens (tertiary/aromatic N) is 2. The van der Waals surface area contributed by atoms with Crippen LogP contribution in [0.3, 0.4) is 0 Å². The van der Waals surface area contributed by atoms with Gasteiger partial charge in [0.15, 0.2) is 0 Å². The van der Waals surface area contributed by atoms with Crippen molar-refractivity contribution in [2.45, 2.75) is 31.5 Å². The van der Waals surface area contributed by atoms with Crippen molar-refractivity contribution < 1.29 is 9.53 Å². The first-order chi connectivity index (χ1) is 12.5. The minimum Gasteiger partial charge on any atom is -0.458 e. The summed E-state index contributed by atoms with van der Waals surface area (Å²) in [6.07, 6.45) is 1.74. The molecule has 5 nitrogen and oxygen atoms in total. The molecule has 0 fully saturated rings. The third-order valence-corrected chi connectivity index (χ3v) is 5.09. The maximum absolute atomic E-state index is 12.2. The summed E-state index contributed by atoms with van der Waals surface area (Å²) in [5, 5.41) is -0.292. The van der Waals surface area contributed by atoms with Gasteiger partial charge in [-0.2, -0.15) is 0 Å². The van der Waals surface area contributed by atoms with Gasteiger partial charge in [-0.25, -0.2) is 4.98 Å². The number of aryl methyl sites for hydroxylation is 1. The molecule has 3 aromatic rings. The Balaban J connectivity index is 1.59. The number of thioether (sulfide) groups is 1. The normalized spacial score (nSPS) is 12.1. The van der Waals surface area contributed by atoms with E-state index in [2.05, 4.69) is 4.98 Å². The van der Waals surface area contributed by atoms with Crippen molar-refractivity contribution in [1.82, 2.24) is 9.38 Å². The standard InChI is InChI=1S/C20H20N2O3S/c1-14-8-9-18-21-17(10-19(23)22(18)11-14)12-25-20(24)15(2)26-13-16-6-4-3-5-7-16/h3-11,15H,12-13H2,1-2H3. The highest BCUT2D eigenvalue weighted by molar-refractivity contribution is 7.99. The van der Waals surface area contributed by atoms with E-state index in [1.807, 2.05) is 50.2 Å². The van der Waals surface area contributed by atoms with Crippen LogP contribution in [0, 0.1) is 6.92 Å². The maximum Gasteiger partial charge on any atom is 0.319 e. The highest BCUT2D eigenvalue weighted by Gasteiger charge is 2.16. The van der Waals surface area contributed by atoms with E-state index in [4.69, 9.17) is 4.74 Å². The predicted molar refractivity (Wildman–Crippen MR) is 103 cm³/mol. The van der Waals surface area contributed by atoms with Crippen molar-refractivity contribution in [3.63, 3.8) is 0 Å². The SMILES string of the molecule is Cc1ccc2nc(COC(=O)C(C)SCc3ccccc3)cc(=O)n2c1. The van der Waals surface area contributed by atoms with Gasteiger partial charge in [-0.15, -0.1) is 11.8 Å². The average molecular weight is 368 g/mol. The molecule has 1 aromatic carbocycles. The molecule has 1 atom stereocenters. The Morgan fingerprint density at radius 1 is 1.23 bits per heavy atom. The van der Waals surface area contributed by atoms with Gasteiger partial charge in [0.1, 0.15) is 12.3 Å². The Morgan fingerprint density at radius 2 is 2.00 bits per heavy atom. The van der Waals surface area contributed by atoms with Gasteiger partial charge in [0, 0.05) is 18.0 Å². The fourth-order valence-electron chi connectivity index (χ4n) is 2.46. The summed E-state index contributed by atoms with van der Waals surface area (Å²) in [4.78, 5) is 28.7. The Bertz CT molecular complexity index is 970. The molecule has 2 heterocycles. The van der Waals surface area contributed by atoms with E-state index in [9.17, 15) is 9.59 Å². The lowest BCUT2D eigenvalue weighted by molar-refractivity contribution is -0.144. The van der Waals surface area contributed by atoms with Crippen LogP contribution in [0.25, 0.3) is 5.65 Å². The molecule has 26 heavy (non-hydrogen) atoms. The van der Waals surface area contributed by atoms with Gasteiger partial charge < -0.3 is 4.74 Å². The van der Waals surface area contributed by atoms with Gasteiger partial charge in [-0.05, 0) is 31.0 Å². The van der Waals surface area contributed by atoms with Crippen molar-refractivity contribution in [1.29, 1.82) is 0 Å². The number of benzene rings is 1. The number of carbonyl (C=O) groups excluding carboxylic acids is 1. The number of ether oxygens (including phenoxy) is 1. The molecular weight excluding hydrogens is 348 g/mol. The zero-order valence-electron chi connectivity index (χ0n) is 14.7. The van der Waals surface area contributed by atoms with Crippen LogP contribution < -0.4 is 5.56 Å². The molecule has 0 saturated heterocycles. The van der Waals surface area contributed by atoms with Gasteiger partial charge in [0.25, 0.3) is 5.56 Å². The van der Waals surface area contributed by atoms with Crippen molar-refractivity contribution in [3.8, 4) is 0 Å². The van der Waals surface area contributed by atoms with Crippen molar-refractivity contribution >= 4 is 23.4 Å². The number of rotatable bonds is 6. The topological polar surface area (TPSA) is 60.7 Å². The molecule has 2 aromatic heterocycles. The molecule has 0 spiro atoms. The largest absolute Gasteiger partial charge is 0.458 e. The molecule has 0 saturated carbocycles. The van der Waals surface area contributed by atoms with Crippen molar-refractivity contribution in [3.05, 3.63) is 81.9 Å². The van der Waals surface area contributed by atoms with E-state index >= 15 is 0 Å². The van der Waals surface area contributed by atoms with Gasteiger partial charge in [0.2, 0.25) is 0 Å². The van der Waals surface area contributed by atoms with Crippen LogP contribution in [0.15, 0.2) is 59.5 Å². The minimum absolute atomic E-state index is 0.00527. The molecule has 0 aliphatic rings. The quantitative estimate of drug-likeness (QED) is 0.624. The number of carbonyl (C=O) groups is 1. The number of hydrogen-bond donors (Lipinski definition) is 0. The molecule has 0 aliphatic heterocycles. The molecule has 0 amide bonds. The number of pyridine rings is 1. The smallest absolute Gasteiger partial charge is 0.319 e. The molecule has 0 bridgehead atoms. The molecule has 0 N–H and O–H groups in total. The average Bonchev–Trinajstić information content (AvgIpc) is 2.65. The number of esters is 1. The van der Waals surface area contributed by atoms with E-state index in [-0.39, 0.29) is 23.4 Å².